The van der Waals surface area contributed by atoms with E-state index in [2.05, 4.69) is 15.2 Å². The van der Waals surface area contributed by atoms with Gasteiger partial charge in [0.05, 0.1) is 12.9 Å². The van der Waals surface area contributed by atoms with Gasteiger partial charge in [0, 0.05) is 0 Å². The highest BCUT2D eigenvalue weighted by atomic mass is 16.6. The van der Waals surface area contributed by atoms with Crippen LogP contribution < -0.4 is 11.3 Å². The predicted octanol–water partition coefficient (Wildman–Crippen LogP) is -2.30. The number of aliphatic hydroxyl groups is 3. The maximum Gasteiger partial charge on any atom is 0.290 e. The van der Waals surface area contributed by atoms with Crippen molar-refractivity contribution >= 4 is 16.9 Å². The number of anilines is 1. The van der Waals surface area contributed by atoms with Crippen LogP contribution in [0.15, 0.2) is 11.1 Å². The lowest BCUT2D eigenvalue weighted by Gasteiger charge is -2.27. The average molecular weight is 297 g/mol. The quantitative estimate of drug-likeness (QED) is 0.414. The summed E-state index contributed by atoms with van der Waals surface area (Å²) in [6.07, 6.45) is -2.12. The van der Waals surface area contributed by atoms with Gasteiger partial charge in [-0.05, 0) is 6.92 Å². The normalized spacial score (nSPS) is 32.9. The molecule has 114 valence electrons. The van der Waals surface area contributed by atoms with Crippen LogP contribution in [0.5, 0.6) is 0 Å². The lowest BCUT2D eigenvalue weighted by molar-refractivity contribution is -0.0949. The summed E-state index contributed by atoms with van der Waals surface area (Å²) in [7, 11) is 0. The zero-order valence-electron chi connectivity index (χ0n) is 11.1. The van der Waals surface area contributed by atoms with Gasteiger partial charge in [0.1, 0.15) is 28.8 Å². The first-order valence-corrected chi connectivity index (χ1v) is 6.25. The Morgan fingerprint density at radius 3 is 2.95 bits per heavy atom. The van der Waals surface area contributed by atoms with Gasteiger partial charge in [-0.25, -0.2) is 10.1 Å². The van der Waals surface area contributed by atoms with Gasteiger partial charge < -0.3 is 25.8 Å². The van der Waals surface area contributed by atoms with Crippen LogP contribution in [0.3, 0.4) is 0 Å². The molecule has 4 atom stereocenters. The van der Waals surface area contributed by atoms with Crippen LogP contribution in [0.1, 0.15) is 13.2 Å². The van der Waals surface area contributed by atoms with Gasteiger partial charge in [-0.1, -0.05) is 0 Å². The molecule has 3 rings (SSSR count). The predicted molar refractivity (Wildman–Crippen MR) is 70.2 cm³/mol. The standard InChI is InChI=1S/C11H15N5O5/c1-11(20)7(18)4(2-17)21-10(11)16-3-13-5-6(16)9(19)15-14-8(5)12/h3-4,7,10,17-18,20H,2H2,1H3,(H2,12,14)(H,15,19)/t4-,7-,10-,11-/m1/s1. The fourth-order valence-corrected chi connectivity index (χ4v) is 2.56. The molecular weight excluding hydrogens is 282 g/mol. The van der Waals surface area contributed by atoms with Gasteiger partial charge in [-0.2, -0.15) is 5.10 Å². The number of aliphatic hydroxyl groups excluding tert-OH is 2. The van der Waals surface area contributed by atoms with Crippen LogP contribution in [0, 0.1) is 0 Å². The number of nitrogens with zero attached hydrogens (tertiary/aromatic N) is 3. The van der Waals surface area contributed by atoms with Crippen molar-refractivity contribution < 1.29 is 20.1 Å². The summed E-state index contributed by atoms with van der Waals surface area (Å²) in [5.41, 5.74) is 3.60. The van der Waals surface area contributed by atoms with E-state index in [1.807, 2.05) is 0 Å². The second-order valence-electron chi connectivity index (χ2n) is 5.17. The van der Waals surface area contributed by atoms with Gasteiger partial charge in [0.2, 0.25) is 0 Å². The lowest BCUT2D eigenvalue weighted by Crippen LogP contribution is -2.44. The second kappa shape index (κ2) is 4.49. The van der Waals surface area contributed by atoms with E-state index in [9.17, 15) is 20.1 Å². The van der Waals surface area contributed by atoms with E-state index >= 15 is 0 Å². The Labute approximate surface area is 117 Å². The van der Waals surface area contributed by atoms with Crippen LogP contribution in [0.2, 0.25) is 0 Å². The molecule has 1 saturated heterocycles. The molecule has 1 aliphatic heterocycles. The monoisotopic (exact) mass is 297 g/mol. The van der Waals surface area contributed by atoms with Crippen LogP contribution in [0.25, 0.3) is 11.0 Å². The lowest BCUT2D eigenvalue weighted by atomic mass is 9.96. The number of fused-ring (bicyclic) bond motifs is 1. The number of hydrogen-bond donors (Lipinski definition) is 5. The van der Waals surface area contributed by atoms with Crippen molar-refractivity contribution in [3.63, 3.8) is 0 Å². The largest absolute Gasteiger partial charge is 0.394 e. The average Bonchev–Trinajstić information content (AvgIpc) is 2.97. The fourth-order valence-electron chi connectivity index (χ4n) is 2.56. The molecule has 0 amide bonds. The molecule has 0 aromatic carbocycles. The number of aromatic nitrogens is 4. The molecule has 0 unspecified atom stereocenters. The van der Waals surface area contributed by atoms with E-state index < -0.39 is 36.2 Å². The molecule has 0 saturated carbocycles. The minimum Gasteiger partial charge on any atom is -0.394 e. The number of nitrogens with one attached hydrogen (secondary N) is 1. The third kappa shape index (κ3) is 1.84. The Bertz CT molecular complexity index is 738. The summed E-state index contributed by atoms with van der Waals surface area (Å²) in [4.78, 5) is 15.9. The first kappa shape index (κ1) is 13.9. The third-order valence-corrected chi connectivity index (χ3v) is 3.72. The van der Waals surface area contributed by atoms with E-state index in [-0.39, 0.29) is 16.9 Å². The number of H-pyrrole nitrogens is 1. The summed E-state index contributed by atoms with van der Waals surface area (Å²) in [5, 5.41) is 35.4. The highest BCUT2D eigenvalue weighted by Crippen LogP contribution is 2.39. The van der Waals surface area contributed by atoms with Crippen molar-refractivity contribution in [1.29, 1.82) is 0 Å². The molecule has 6 N–H and O–H groups in total. The minimum absolute atomic E-state index is 0.0280. The number of nitrogen functional groups attached to an aromatic ring is 1. The summed E-state index contributed by atoms with van der Waals surface area (Å²) in [6.45, 7) is 0.878. The van der Waals surface area contributed by atoms with Gasteiger partial charge in [-0.3, -0.25) is 9.36 Å². The highest BCUT2D eigenvalue weighted by Gasteiger charge is 2.53. The van der Waals surface area contributed by atoms with Crippen molar-refractivity contribution in [3.05, 3.63) is 16.7 Å². The van der Waals surface area contributed by atoms with Gasteiger partial charge in [0.25, 0.3) is 5.56 Å². The third-order valence-electron chi connectivity index (χ3n) is 3.72. The summed E-state index contributed by atoms with van der Waals surface area (Å²) < 4.78 is 6.71. The number of aromatic amines is 1. The van der Waals surface area contributed by atoms with Crippen molar-refractivity contribution in [3.8, 4) is 0 Å². The van der Waals surface area contributed by atoms with Gasteiger partial charge in [-0.15, -0.1) is 0 Å². The Morgan fingerprint density at radius 1 is 1.62 bits per heavy atom. The molecule has 1 aliphatic rings. The number of ether oxygens (including phenoxy) is 1. The first-order valence-electron chi connectivity index (χ1n) is 6.25. The molecule has 0 bridgehead atoms. The van der Waals surface area contributed by atoms with E-state index in [0.29, 0.717) is 0 Å². The number of hydrogen-bond acceptors (Lipinski definition) is 8. The van der Waals surface area contributed by atoms with Gasteiger partial charge >= 0.3 is 0 Å². The topological polar surface area (TPSA) is 160 Å². The van der Waals surface area contributed by atoms with Crippen LogP contribution in [-0.4, -0.2) is 59.5 Å². The van der Waals surface area contributed by atoms with Crippen molar-refractivity contribution in [1.82, 2.24) is 19.7 Å². The van der Waals surface area contributed by atoms with E-state index in [1.165, 1.54) is 17.8 Å². The summed E-state index contributed by atoms with van der Waals surface area (Å²) >= 11 is 0. The van der Waals surface area contributed by atoms with Crippen LogP contribution >= 0.6 is 0 Å². The SMILES string of the molecule is C[C@@]1(O)[C@H](O)[C@@H](CO)O[C@H]1n1cnc2c(N)n[nH]c(=O)c21. The molecule has 2 aromatic rings. The highest BCUT2D eigenvalue weighted by molar-refractivity contribution is 5.83. The van der Waals surface area contributed by atoms with Crippen LogP contribution in [-0.2, 0) is 4.74 Å². The number of rotatable bonds is 2. The number of nitrogens with two attached hydrogens (primary N) is 1. The molecule has 0 aliphatic carbocycles. The summed E-state index contributed by atoms with van der Waals surface area (Å²) in [5.74, 6) is 0.0280. The number of imidazole rings is 1. The Balaban J connectivity index is 2.18. The van der Waals surface area contributed by atoms with Crippen molar-refractivity contribution in [2.45, 2.75) is 31.0 Å². The molecule has 2 aromatic heterocycles. The maximum atomic E-state index is 11.9. The fraction of sp³-hybridized carbons (Fsp3) is 0.545. The first-order chi connectivity index (χ1) is 9.87. The molecule has 0 spiro atoms. The van der Waals surface area contributed by atoms with E-state index in [1.54, 1.807) is 0 Å². The molecule has 1 fully saturated rings. The summed E-state index contributed by atoms with van der Waals surface area (Å²) in [6, 6.07) is 0. The van der Waals surface area contributed by atoms with Crippen LogP contribution in [0.4, 0.5) is 5.82 Å². The molecule has 10 heteroatoms. The minimum atomic E-state index is -1.72. The molecule has 10 nitrogen and oxygen atoms in total. The van der Waals surface area contributed by atoms with Crippen molar-refractivity contribution in [2.24, 2.45) is 0 Å². The Hall–Kier alpha value is -2.01. The molecular formula is C11H15N5O5. The second-order valence-corrected chi connectivity index (χ2v) is 5.17. The maximum absolute atomic E-state index is 11.9. The molecule has 0 radical (unpaired) electrons. The van der Waals surface area contributed by atoms with E-state index in [0.717, 1.165) is 0 Å². The molecule has 3 heterocycles. The Morgan fingerprint density at radius 2 is 2.33 bits per heavy atom. The van der Waals surface area contributed by atoms with E-state index in [4.69, 9.17) is 10.5 Å². The van der Waals surface area contributed by atoms with Crippen molar-refractivity contribution in [2.75, 3.05) is 12.3 Å². The van der Waals surface area contributed by atoms with Gasteiger partial charge in [0.15, 0.2) is 12.0 Å². The zero-order chi connectivity index (χ0) is 15.4. The zero-order valence-corrected chi connectivity index (χ0v) is 11.1. The smallest absolute Gasteiger partial charge is 0.290 e. The molecule has 21 heavy (non-hydrogen) atoms. The Kier molecular flexibility index (Phi) is 2.99.